The van der Waals surface area contributed by atoms with Crippen molar-refractivity contribution in [2.45, 2.75) is 4.34 Å². The summed E-state index contributed by atoms with van der Waals surface area (Å²) in [6, 6.07) is 16.7. The third-order valence-electron chi connectivity index (χ3n) is 3.50. The van der Waals surface area contributed by atoms with Crippen LogP contribution in [0.15, 0.2) is 69.2 Å². The second kappa shape index (κ2) is 11.2. The third kappa shape index (κ3) is 7.26. The van der Waals surface area contributed by atoms with Crippen LogP contribution in [-0.4, -0.2) is 42.1 Å². The topological polar surface area (TPSA) is 101 Å². The van der Waals surface area contributed by atoms with Gasteiger partial charge in [0.25, 0.3) is 0 Å². The van der Waals surface area contributed by atoms with E-state index < -0.39 is 0 Å². The van der Waals surface area contributed by atoms with Gasteiger partial charge in [-0.2, -0.15) is 10.2 Å². The molecule has 150 valence electrons. The first-order valence-electron chi connectivity index (χ1n) is 8.79. The van der Waals surface area contributed by atoms with Crippen molar-refractivity contribution in [2.24, 2.45) is 10.2 Å². The summed E-state index contributed by atoms with van der Waals surface area (Å²) in [6.45, 7) is 1.26. The van der Waals surface area contributed by atoms with Gasteiger partial charge >= 0.3 is 0 Å². The number of carbonyl (C=O) groups excluding carboxylic acids is 1. The number of benzene rings is 2. The number of nitrogens with zero attached hydrogens (tertiary/aromatic N) is 4. The highest BCUT2D eigenvalue weighted by Gasteiger charge is 2.08. The van der Waals surface area contributed by atoms with E-state index in [4.69, 9.17) is 4.74 Å². The van der Waals surface area contributed by atoms with Crippen LogP contribution in [0.2, 0.25) is 0 Å². The molecular weight excluding hydrogens is 408 g/mol. The van der Waals surface area contributed by atoms with Gasteiger partial charge in [0.2, 0.25) is 11.0 Å². The van der Waals surface area contributed by atoms with E-state index in [9.17, 15) is 4.79 Å². The molecule has 2 aromatic carbocycles. The Morgan fingerprint density at radius 3 is 2.52 bits per heavy atom. The third-order valence-corrected chi connectivity index (χ3v) is 5.52. The molecule has 0 bridgehead atoms. The summed E-state index contributed by atoms with van der Waals surface area (Å²) < 4.78 is 5.70. The molecule has 0 atom stereocenters. The zero-order chi connectivity index (χ0) is 20.3. The SMILES string of the molecule is COCCNc1nnc(SCC(=O)Nc2ccc(N=Nc3ccccc3)cc2)s1. The molecule has 0 aliphatic rings. The van der Waals surface area contributed by atoms with Crippen LogP contribution >= 0.6 is 23.1 Å². The molecule has 0 spiro atoms. The molecule has 0 fully saturated rings. The lowest BCUT2D eigenvalue weighted by molar-refractivity contribution is -0.113. The average Bonchev–Trinajstić information content (AvgIpc) is 3.21. The van der Waals surface area contributed by atoms with Crippen molar-refractivity contribution in [2.75, 3.05) is 36.6 Å². The summed E-state index contributed by atoms with van der Waals surface area (Å²) in [5.74, 6) is 0.139. The Balaban J connectivity index is 1.44. The Morgan fingerprint density at radius 1 is 1.07 bits per heavy atom. The molecule has 1 aromatic heterocycles. The molecule has 10 heteroatoms. The van der Waals surface area contributed by atoms with Gasteiger partial charge in [-0.15, -0.1) is 10.2 Å². The summed E-state index contributed by atoms with van der Waals surface area (Å²) >= 11 is 2.75. The summed E-state index contributed by atoms with van der Waals surface area (Å²) in [4.78, 5) is 12.1. The van der Waals surface area contributed by atoms with Crippen LogP contribution in [0.1, 0.15) is 0 Å². The molecule has 2 N–H and O–H groups in total. The largest absolute Gasteiger partial charge is 0.383 e. The first-order chi connectivity index (χ1) is 14.2. The fraction of sp³-hybridized carbons (Fsp3) is 0.211. The molecule has 0 saturated heterocycles. The van der Waals surface area contributed by atoms with Gasteiger partial charge in [0.15, 0.2) is 4.34 Å². The summed E-state index contributed by atoms with van der Waals surface area (Å²) in [5.41, 5.74) is 2.20. The van der Waals surface area contributed by atoms with Crippen LogP contribution in [-0.2, 0) is 9.53 Å². The molecule has 1 amide bonds. The number of amides is 1. The standard InChI is InChI=1S/C19H20N6O2S2/c1-27-12-11-20-18-24-25-19(29-18)28-13-17(26)21-14-7-9-16(10-8-14)23-22-15-5-3-2-4-6-15/h2-10H,11-13H2,1H3,(H,20,24)(H,21,26). The van der Waals surface area contributed by atoms with E-state index in [2.05, 4.69) is 31.1 Å². The maximum atomic E-state index is 12.1. The van der Waals surface area contributed by atoms with E-state index in [0.717, 1.165) is 10.0 Å². The number of azo groups is 1. The van der Waals surface area contributed by atoms with Gasteiger partial charge in [0, 0.05) is 19.3 Å². The zero-order valence-corrected chi connectivity index (χ0v) is 17.4. The fourth-order valence-corrected chi connectivity index (χ4v) is 3.72. The maximum absolute atomic E-state index is 12.1. The van der Waals surface area contributed by atoms with Gasteiger partial charge in [-0.3, -0.25) is 4.79 Å². The number of hydrogen-bond donors (Lipinski definition) is 2. The Morgan fingerprint density at radius 2 is 1.79 bits per heavy atom. The minimum atomic E-state index is -0.113. The molecule has 0 saturated carbocycles. The molecule has 1 heterocycles. The van der Waals surface area contributed by atoms with Crippen LogP contribution in [0.4, 0.5) is 22.2 Å². The van der Waals surface area contributed by atoms with Gasteiger partial charge < -0.3 is 15.4 Å². The van der Waals surface area contributed by atoms with Crippen LogP contribution in [0.25, 0.3) is 0 Å². The van der Waals surface area contributed by atoms with Crippen LogP contribution in [0, 0.1) is 0 Å². The number of ether oxygens (including phenoxy) is 1. The maximum Gasteiger partial charge on any atom is 0.234 e. The van der Waals surface area contributed by atoms with Crippen molar-refractivity contribution in [3.63, 3.8) is 0 Å². The smallest absolute Gasteiger partial charge is 0.234 e. The molecule has 0 aliphatic heterocycles. The van der Waals surface area contributed by atoms with E-state index in [-0.39, 0.29) is 11.7 Å². The quantitative estimate of drug-likeness (QED) is 0.275. The number of carbonyl (C=O) groups is 1. The van der Waals surface area contributed by atoms with E-state index in [0.29, 0.717) is 29.7 Å². The van der Waals surface area contributed by atoms with Crippen molar-refractivity contribution >= 4 is 51.2 Å². The van der Waals surface area contributed by atoms with Crippen molar-refractivity contribution in [3.8, 4) is 0 Å². The number of aromatic nitrogens is 2. The number of hydrogen-bond acceptors (Lipinski definition) is 9. The van der Waals surface area contributed by atoms with Crippen molar-refractivity contribution in [3.05, 3.63) is 54.6 Å². The number of rotatable bonds is 10. The average molecular weight is 429 g/mol. The first kappa shape index (κ1) is 20.9. The van der Waals surface area contributed by atoms with Gasteiger partial charge in [-0.25, -0.2) is 0 Å². The molecule has 0 aliphatic carbocycles. The second-order valence-corrected chi connectivity index (χ2v) is 7.91. The minimum Gasteiger partial charge on any atom is -0.383 e. The Hall–Kier alpha value is -2.82. The predicted octanol–water partition coefficient (Wildman–Crippen LogP) is 4.74. The van der Waals surface area contributed by atoms with E-state index in [1.807, 2.05) is 30.3 Å². The van der Waals surface area contributed by atoms with Crippen molar-refractivity contribution in [1.29, 1.82) is 0 Å². The Bertz CT molecular complexity index is 931. The molecule has 0 unspecified atom stereocenters. The van der Waals surface area contributed by atoms with E-state index in [1.54, 1.807) is 31.4 Å². The molecule has 3 aromatic rings. The highest BCUT2D eigenvalue weighted by molar-refractivity contribution is 8.01. The number of nitrogens with one attached hydrogen (secondary N) is 2. The minimum absolute atomic E-state index is 0.113. The van der Waals surface area contributed by atoms with Gasteiger partial charge in [0.1, 0.15) is 0 Å². The highest BCUT2D eigenvalue weighted by atomic mass is 32.2. The number of anilines is 2. The van der Waals surface area contributed by atoms with Gasteiger partial charge in [-0.1, -0.05) is 41.3 Å². The normalized spacial score (nSPS) is 10.9. The Kier molecular flexibility index (Phi) is 8.11. The summed E-state index contributed by atoms with van der Waals surface area (Å²) in [5, 5.41) is 23.1. The Labute approximate surface area is 176 Å². The monoisotopic (exact) mass is 428 g/mol. The van der Waals surface area contributed by atoms with Crippen molar-refractivity contribution < 1.29 is 9.53 Å². The van der Waals surface area contributed by atoms with Gasteiger partial charge in [0.05, 0.1) is 23.7 Å². The summed E-state index contributed by atoms with van der Waals surface area (Å²) in [7, 11) is 1.64. The van der Waals surface area contributed by atoms with Crippen LogP contribution in [0.3, 0.4) is 0 Å². The summed E-state index contributed by atoms with van der Waals surface area (Å²) in [6.07, 6.45) is 0. The number of methoxy groups -OCH3 is 1. The second-order valence-electron chi connectivity index (χ2n) is 5.71. The molecule has 3 rings (SSSR count). The lowest BCUT2D eigenvalue weighted by Gasteiger charge is -2.04. The highest BCUT2D eigenvalue weighted by Crippen LogP contribution is 2.25. The predicted molar refractivity (Wildman–Crippen MR) is 117 cm³/mol. The molecule has 29 heavy (non-hydrogen) atoms. The number of thioether (sulfide) groups is 1. The lowest BCUT2D eigenvalue weighted by Crippen LogP contribution is -2.13. The van der Waals surface area contributed by atoms with E-state index in [1.165, 1.54) is 23.1 Å². The van der Waals surface area contributed by atoms with E-state index >= 15 is 0 Å². The molecular formula is C19H20N6O2S2. The van der Waals surface area contributed by atoms with Crippen molar-refractivity contribution in [1.82, 2.24) is 10.2 Å². The van der Waals surface area contributed by atoms with Gasteiger partial charge in [-0.05, 0) is 36.4 Å². The molecule has 8 nitrogen and oxygen atoms in total. The zero-order valence-electron chi connectivity index (χ0n) is 15.7. The van der Waals surface area contributed by atoms with Crippen LogP contribution in [0.5, 0.6) is 0 Å². The fourth-order valence-electron chi connectivity index (χ4n) is 2.15. The molecule has 0 radical (unpaired) electrons. The first-order valence-corrected chi connectivity index (χ1v) is 10.6. The van der Waals surface area contributed by atoms with Crippen LogP contribution < -0.4 is 10.6 Å². The lowest BCUT2D eigenvalue weighted by atomic mass is 10.3.